The number of ether oxygens (including phenoxy) is 1. The molecule has 1 N–H and O–H groups in total. The van der Waals surface area contributed by atoms with Gasteiger partial charge in [-0.25, -0.2) is 4.68 Å². The van der Waals surface area contributed by atoms with Crippen molar-refractivity contribution in [3.63, 3.8) is 0 Å². The zero-order chi connectivity index (χ0) is 20.9. The van der Waals surface area contributed by atoms with Crippen LogP contribution >= 0.6 is 23.2 Å². The number of halogens is 2. The third kappa shape index (κ3) is 2.91. The van der Waals surface area contributed by atoms with Gasteiger partial charge in [0, 0.05) is 23.5 Å². The molecule has 2 atom stereocenters. The first-order valence-corrected chi connectivity index (χ1v) is 10.5. The molecule has 6 rings (SSSR count). The number of pyridine rings is 1. The molecule has 0 saturated carbocycles. The summed E-state index contributed by atoms with van der Waals surface area (Å²) < 4.78 is 8.40. The van der Waals surface area contributed by atoms with Crippen molar-refractivity contribution in [3.05, 3.63) is 106 Å². The van der Waals surface area contributed by atoms with Crippen LogP contribution < -0.4 is 10.1 Å². The summed E-state index contributed by atoms with van der Waals surface area (Å²) >= 11 is 12.6. The molecule has 152 valence electrons. The second-order valence-electron chi connectivity index (χ2n) is 7.34. The number of para-hydroxylation sites is 1. The Morgan fingerprint density at radius 3 is 2.71 bits per heavy atom. The quantitative estimate of drug-likeness (QED) is 0.436. The average molecular weight is 448 g/mol. The van der Waals surface area contributed by atoms with Gasteiger partial charge in [0.1, 0.15) is 24.2 Å². The zero-order valence-electron chi connectivity index (χ0n) is 16.0. The molecule has 8 heteroatoms. The van der Waals surface area contributed by atoms with Crippen molar-refractivity contribution < 1.29 is 4.74 Å². The molecule has 31 heavy (non-hydrogen) atoms. The smallest absolute Gasteiger partial charge is 0.226 e. The van der Waals surface area contributed by atoms with Crippen molar-refractivity contribution in [1.29, 1.82) is 0 Å². The zero-order valence-corrected chi connectivity index (χ0v) is 17.5. The van der Waals surface area contributed by atoms with Crippen molar-refractivity contribution >= 4 is 34.8 Å². The van der Waals surface area contributed by atoms with Gasteiger partial charge in [-0.15, -0.1) is 0 Å². The van der Waals surface area contributed by atoms with Gasteiger partial charge in [-0.05, 0) is 41.5 Å². The van der Waals surface area contributed by atoms with Crippen molar-refractivity contribution in [1.82, 2.24) is 19.7 Å². The van der Waals surface area contributed by atoms with E-state index in [0.29, 0.717) is 16.0 Å². The molecule has 0 unspecified atom stereocenters. The Kier molecular flexibility index (Phi) is 4.23. The molecule has 4 heterocycles. The lowest BCUT2D eigenvalue weighted by Gasteiger charge is -2.38. The van der Waals surface area contributed by atoms with E-state index in [0.717, 1.165) is 33.7 Å². The molecule has 2 aliphatic heterocycles. The van der Waals surface area contributed by atoms with Crippen LogP contribution in [0.25, 0.3) is 5.70 Å². The van der Waals surface area contributed by atoms with Gasteiger partial charge < -0.3 is 10.1 Å². The van der Waals surface area contributed by atoms with Crippen molar-refractivity contribution in [3.8, 4) is 5.75 Å². The number of fused-ring (bicyclic) bond motifs is 3. The van der Waals surface area contributed by atoms with E-state index in [1.54, 1.807) is 18.6 Å². The molecule has 0 bridgehead atoms. The fourth-order valence-electron chi connectivity index (χ4n) is 4.23. The van der Waals surface area contributed by atoms with Crippen LogP contribution in [0, 0.1) is 0 Å². The van der Waals surface area contributed by atoms with Crippen LogP contribution in [0.3, 0.4) is 0 Å². The van der Waals surface area contributed by atoms with E-state index in [1.807, 2.05) is 59.4 Å². The normalized spacial score (nSPS) is 19.0. The van der Waals surface area contributed by atoms with Crippen molar-refractivity contribution in [2.45, 2.75) is 12.1 Å². The number of rotatable bonds is 2. The number of hydrogen-bond acceptors (Lipinski definition) is 5. The number of hydrogen-bond donors (Lipinski definition) is 1. The molecular weight excluding hydrogens is 433 g/mol. The highest BCUT2D eigenvalue weighted by molar-refractivity contribution is 6.42. The number of nitrogens with one attached hydrogen (secondary N) is 1. The van der Waals surface area contributed by atoms with E-state index in [4.69, 9.17) is 27.9 Å². The predicted molar refractivity (Wildman–Crippen MR) is 119 cm³/mol. The minimum Gasteiger partial charge on any atom is -0.480 e. The van der Waals surface area contributed by atoms with Crippen molar-refractivity contribution in [2.75, 3.05) is 5.32 Å². The average Bonchev–Trinajstić information content (AvgIpc) is 3.28. The molecule has 0 radical (unpaired) electrons. The number of aromatic nitrogens is 4. The van der Waals surface area contributed by atoms with Gasteiger partial charge >= 0.3 is 0 Å². The van der Waals surface area contributed by atoms with Gasteiger partial charge in [0.05, 0.1) is 15.7 Å². The molecule has 2 aromatic heterocycles. The van der Waals surface area contributed by atoms with Gasteiger partial charge in [-0.2, -0.15) is 10.1 Å². The Hall–Kier alpha value is -3.35. The van der Waals surface area contributed by atoms with E-state index in [-0.39, 0.29) is 6.04 Å². The second-order valence-corrected chi connectivity index (χ2v) is 8.15. The Bertz CT molecular complexity index is 1330. The minimum absolute atomic E-state index is 0.254. The van der Waals surface area contributed by atoms with Crippen LogP contribution in [0.4, 0.5) is 5.95 Å². The lowest BCUT2D eigenvalue weighted by Crippen LogP contribution is -2.32. The highest BCUT2D eigenvalue weighted by atomic mass is 35.5. The van der Waals surface area contributed by atoms with E-state index < -0.39 is 6.10 Å². The molecular formula is C23H15Cl2N5O. The number of benzene rings is 2. The molecule has 2 aliphatic rings. The summed E-state index contributed by atoms with van der Waals surface area (Å²) in [7, 11) is 0. The fraction of sp³-hybridized carbons (Fsp3) is 0.0870. The topological polar surface area (TPSA) is 64.9 Å². The first-order chi connectivity index (χ1) is 15.2. The predicted octanol–water partition coefficient (Wildman–Crippen LogP) is 5.54. The summed E-state index contributed by atoms with van der Waals surface area (Å²) in [6.07, 6.45) is 4.74. The molecule has 0 saturated heterocycles. The highest BCUT2D eigenvalue weighted by Gasteiger charge is 2.41. The third-order valence-electron chi connectivity index (χ3n) is 5.57. The van der Waals surface area contributed by atoms with Crippen LogP contribution in [0.15, 0.2) is 78.9 Å². The third-order valence-corrected chi connectivity index (χ3v) is 6.31. The Morgan fingerprint density at radius 1 is 0.968 bits per heavy atom. The van der Waals surface area contributed by atoms with Crippen LogP contribution in [0.5, 0.6) is 5.75 Å². The lowest BCUT2D eigenvalue weighted by molar-refractivity contribution is 0.223. The maximum absolute atomic E-state index is 6.54. The van der Waals surface area contributed by atoms with Gasteiger partial charge in [-0.1, -0.05) is 47.5 Å². The number of anilines is 1. The molecule has 4 aromatic rings. The van der Waals surface area contributed by atoms with E-state index in [1.165, 1.54) is 0 Å². The maximum Gasteiger partial charge on any atom is 0.226 e. The van der Waals surface area contributed by atoms with Crippen LogP contribution in [-0.2, 0) is 0 Å². The molecule has 0 spiro atoms. The molecule has 0 fully saturated rings. The van der Waals surface area contributed by atoms with E-state index >= 15 is 0 Å². The first kappa shape index (κ1) is 18.4. The minimum atomic E-state index is -0.408. The van der Waals surface area contributed by atoms with Gasteiger partial charge in [-0.3, -0.25) is 4.98 Å². The van der Waals surface area contributed by atoms with E-state index in [9.17, 15) is 0 Å². The summed E-state index contributed by atoms with van der Waals surface area (Å²) in [4.78, 5) is 8.77. The summed E-state index contributed by atoms with van der Waals surface area (Å²) in [6, 6.07) is 17.2. The SMILES string of the molecule is Clc1ccc([C@H]2Oc3ccccc3C3=C2[C@H](c2cccnc2)n2ncnc2N3)cc1Cl. The summed E-state index contributed by atoms with van der Waals surface area (Å²) in [5, 5.41) is 8.95. The lowest BCUT2D eigenvalue weighted by atomic mass is 9.85. The van der Waals surface area contributed by atoms with Crippen LogP contribution in [0.1, 0.15) is 28.8 Å². The first-order valence-electron chi connectivity index (χ1n) is 9.72. The summed E-state index contributed by atoms with van der Waals surface area (Å²) in [6.45, 7) is 0. The van der Waals surface area contributed by atoms with Crippen LogP contribution in [0.2, 0.25) is 10.0 Å². The Labute approximate surface area is 188 Å². The number of nitrogens with zero attached hydrogens (tertiary/aromatic N) is 4. The van der Waals surface area contributed by atoms with Crippen molar-refractivity contribution in [2.24, 2.45) is 0 Å². The Balaban J connectivity index is 1.63. The summed E-state index contributed by atoms with van der Waals surface area (Å²) in [5.74, 6) is 1.44. The maximum atomic E-state index is 6.54. The second kappa shape index (κ2) is 7.11. The van der Waals surface area contributed by atoms with E-state index in [2.05, 4.69) is 20.4 Å². The Morgan fingerprint density at radius 2 is 1.87 bits per heavy atom. The van der Waals surface area contributed by atoms with Gasteiger partial charge in [0.15, 0.2) is 0 Å². The van der Waals surface area contributed by atoms with Crippen LogP contribution in [-0.4, -0.2) is 19.7 Å². The largest absolute Gasteiger partial charge is 0.480 e. The molecule has 2 aromatic carbocycles. The summed E-state index contributed by atoms with van der Waals surface area (Å²) in [5.41, 5.74) is 4.80. The monoisotopic (exact) mass is 447 g/mol. The molecule has 0 aliphatic carbocycles. The highest BCUT2D eigenvalue weighted by Crippen LogP contribution is 2.50. The fourth-order valence-corrected chi connectivity index (χ4v) is 4.53. The molecule has 6 nitrogen and oxygen atoms in total. The standard InChI is InChI=1S/C23H15Cl2N5O/c24-16-8-7-13(10-17(16)25)22-19-20(15-5-1-2-6-18(15)31-22)29-23-27-12-28-30(23)21(19)14-4-3-9-26-11-14/h1-12,21-22H,(H,27,28,29)/t21-,22+/m0/s1. The van der Waals surface area contributed by atoms with Gasteiger partial charge in [0.2, 0.25) is 5.95 Å². The molecule has 0 amide bonds. The van der Waals surface area contributed by atoms with Gasteiger partial charge in [0.25, 0.3) is 0 Å².